The van der Waals surface area contributed by atoms with Gasteiger partial charge in [0.1, 0.15) is 5.75 Å². The highest BCUT2D eigenvalue weighted by molar-refractivity contribution is 9.10. The summed E-state index contributed by atoms with van der Waals surface area (Å²) in [5.74, 6) is 0.374. The van der Waals surface area contributed by atoms with Gasteiger partial charge >= 0.3 is 6.09 Å². The zero-order chi connectivity index (χ0) is 19.3. The van der Waals surface area contributed by atoms with Crippen LogP contribution in [0.4, 0.5) is 4.79 Å². The van der Waals surface area contributed by atoms with Gasteiger partial charge in [-0.15, -0.1) is 0 Å². The summed E-state index contributed by atoms with van der Waals surface area (Å²) in [4.78, 5) is 34.3. The monoisotopic (exact) mass is 429 g/mol. The molecule has 9 heteroatoms. The molecule has 1 aliphatic carbocycles. The molecule has 0 aromatic carbocycles. The molecule has 2 amide bonds. The van der Waals surface area contributed by atoms with Crippen LogP contribution in [-0.2, 0) is 11.8 Å². The van der Waals surface area contributed by atoms with E-state index in [2.05, 4.69) is 26.6 Å². The number of aryl methyl sites for hydroxylation is 1. The average Bonchev–Trinajstić information content (AvgIpc) is 2.53. The quantitative estimate of drug-likeness (QED) is 0.640. The van der Waals surface area contributed by atoms with Gasteiger partial charge in [-0.2, -0.15) is 0 Å². The van der Waals surface area contributed by atoms with Gasteiger partial charge in [0.25, 0.3) is 5.56 Å². The molecule has 0 bridgehead atoms. The number of hydrogen-bond donors (Lipinski definition) is 3. The summed E-state index contributed by atoms with van der Waals surface area (Å²) in [6.07, 6.45) is 3.76. The number of amides is 2. The number of carbonyl (C=O) groups excluding carboxylic acids is 1. The molecule has 1 atom stereocenters. The van der Waals surface area contributed by atoms with Crippen molar-refractivity contribution in [2.45, 2.75) is 57.2 Å². The summed E-state index contributed by atoms with van der Waals surface area (Å²) in [5, 5.41) is 13.8. The number of ether oxygens (including phenoxy) is 1. The Labute approximate surface area is 160 Å². The van der Waals surface area contributed by atoms with Crippen molar-refractivity contribution in [2.24, 2.45) is 7.05 Å². The first kappa shape index (κ1) is 20.3. The number of nitrogens with one attached hydrogen (secondary N) is 2. The molecule has 1 unspecified atom stereocenters. The Bertz CT molecular complexity index is 713. The van der Waals surface area contributed by atoms with Gasteiger partial charge in [0.05, 0.1) is 10.6 Å². The van der Waals surface area contributed by atoms with Crippen LogP contribution in [0.3, 0.4) is 0 Å². The fourth-order valence-corrected chi connectivity index (χ4v) is 3.52. The van der Waals surface area contributed by atoms with Crippen LogP contribution in [0.1, 0.15) is 39.0 Å². The van der Waals surface area contributed by atoms with Crippen molar-refractivity contribution in [1.29, 1.82) is 0 Å². The van der Waals surface area contributed by atoms with E-state index in [0.29, 0.717) is 5.75 Å². The number of carboxylic acid groups (broad SMARTS) is 1. The van der Waals surface area contributed by atoms with Gasteiger partial charge in [-0.25, -0.2) is 4.79 Å². The van der Waals surface area contributed by atoms with Gasteiger partial charge in [0.2, 0.25) is 5.91 Å². The van der Waals surface area contributed by atoms with Crippen molar-refractivity contribution in [3.63, 3.8) is 0 Å². The molecule has 26 heavy (non-hydrogen) atoms. The molecule has 1 fully saturated rings. The first-order valence-corrected chi connectivity index (χ1v) is 9.35. The third-order valence-electron chi connectivity index (χ3n) is 4.34. The van der Waals surface area contributed by atoms with E-state index in [4.69, 9.17) is 9.84 Å². The molecule has 1 aromatic heterocycles. The standard InChI is InChI=1S/C17H24BrN3O5/c1-10(19-17(24)25)7-15(22)20-11-3-5-12(6-4-11)26-14-8-16(23)21(2)9-13(14)18/h8-12,19H,3-7H2,1-2H3,(H,20,22)(H,24,25). The van der Waals surface area contributed by atoms with Crippen molar-refractivity contribution < 1.29 is 19.4 Å². The molecule has 2 rings (SSSR count). The lowest BCUT2D eigenvalue weighted by molar-refractivity contribution is -0.122. The molecule has 0 aliphatic heterocycles. The van der Waals surface area contributed by atoms with Gasteiger partial charge < -0.3 is 25.0 Å². The summed E-state index contributed by atoms with van der Waals surface area (Å²) < 4.78 is 8.14. The second kappa shape index (κ2) is 9.07. The number of hydrogen-bond acceptors (Lipinski definition) is 4. The number of nitrogens with zero attached hydrogens (tertiary/aromatic N) is 1. The van der Waals surface area contributed by atoms with E-state index in [1.165, 1.54) is 10.6 Å². The SMILES string of the molecule is CC(CC(=O)NC1CCC(Oc2cc(=O)n(C)cc2Br)CC1)NC(=O)O. The minimum Gasteiger partial charge on any atom is -0.489 e. The predicted octanol–water partition coefficient (Wildman–Crippen LogP) is 2.00. The molecule has 8 nitrogen and oxygen atoms in total. The summed E-state index contributed by atoms with van der Waals surface area (Å²) in [7, 11) is 1.68. The smallest absolute Gasteiger partial charge is 0.404 e. The Morgan fingerprint density at radius 3 is 2.65 bits per heavy atom. The molecule has 0 spiro atoms. The van der Waals surface area contributed by atoms with Gasteiger partial charge in [-0.1, -0.05) is 0 Å². The highest BCUT2D eigenvalue weighted by atomic mass is 79.9. The number of aromatic nitrogens is 1. The van der Waals surface area contributed by atoms with Crippen LogP contribution in [0, 0.1) is 0 Å². The average molecular weight is 430 g/mol. The van der Waals surface area contributed by atoms with E-state index >= 15 is 0 Å². The Morgan fingerprint density at radius 2 is 2.04 bits per heavy atom. The maximum absolute atomic E-state index is 12.0. The molecule has 3 N–H and O–H groups in total. The lowest BCUT2D eigenvalue weighted by atomic mass is 9.92. The highest BCUT2D eigenvalue weighted by Gasteiger charge is 2.25. The van der Waals surface area contributed by atoms with Crippen molar-refractivity contribution in [3.05, 3.63) is 27.1 Å². The van der Waals surface area contributed by atoms with Crippen LogP contribution in [0.15, 0.2) is 21.5 Å². The van der Waals surface area contributed by atoms with Crippen LogP contribution in [-0.4, -0.2) is 39.9 Å². The maximum atomic E-state index is 12.0. The fraction of sp³-hybridized carbons (Fsp3) is 0.588. The van der Waals surface area contributed by atoms with E-state index < -0.39 is 12.1 Å². The van der Waals surface area contributed by atoms with Crippen LogP contribution in [0.2, 0.25) is 0 Å². The summed E-state index contributed by atoms with van der Waals surface area (Å²) in [6, 6.07) is 1.10. The summed E-state index contributed by atoms with van der Waals surface area (Å²) >= 11 is 3.40. The largest absolute Gasteiger partial charge is 0.489 e. The van der Waals surface area contributed by atoms with Crippen molar-refractivity contribution in [1.82, 2.24) is 15.2 Å². The van der Waals surface area contributed by atoms with Gasteiger partial charge in [0, 0.05) is 37.8 Å². The zero-order valence-corrected chi connectivity index (χ0v) is 16.4. The van der Waals surface area contributed by atoms with E-state index in [9.17, 15) is 14.4 Å². The lowest BCUT2D eigenvalue weighted by Crippen LogP contribution is -2.42. The molecular formula is C17H24BrN3O5. The summed E-state index contributed by atoms with van der Waals surface area (Å²) in [5.41, 5.74) is -0.131. The number of halogens is 1. The number of carbonyl (C=O) groups is 2. The molecular weight excluding hydrogens is 406 g/mol. The maximum Gasteiger partial charge on any atom is 0.404 e. The Morgan fingerprint density at radius 1 is 1.38 bits per heavy atom. The first-order chi connectivity index (χ1) is 12.2. The van der Waals surface area contributed by atoms with Gasteiger partial charge in [0.15, 0.2) is 0 Å². The topological polar surface area (TPSA) is 110 Å². The normalized spacial score (nSPS) is 20.9. The van der Waals surface area contributed by atoms with Gasteiger partial charge in [-0.3, -0.25) is 9.59 Å². The number of pyridine rings is 1. The third-order valence-corrected chi connectivity index (χ3v) is 4.93. The predicted molar refractivity (Wildman–Crippen MR) is 99.4 cm³/mol. The number of rotatable bonds is 6. The van der Waals surface area contributed by atoms with E-state index in [-0.39, 0.29) is 30.0 Å². The van der Waals surface area contributed by atoms with Crippen molar-refractivity contribution in [3.8, 4) is 5.75 Å². The lowest BCUT2D eigenvalue weighted by Gasteiger charge is -2.30. The first-order valence-electron chi connectivity index (χ1n) is 8.56. The van der Waals surface area contributed by atoms with Crippen LogP contribution >= 0.6 is 15.9 Å². The van der Waals surface area contributed by atoms with Crippen LogP contribution in [0.25, 0.3) is 0 Å². The Kier molecular flexibility index (Phi) is 7.07. The van der Waals surface area contributed by atoms with E-state index in [1.807, 2.05) is 0 Å². The molecule has 1 aliphatic rings. The third kappa shape index (κ3) is 6.05. The fourth-order valence-electron chi connectivity index (χ4n) is 3.00. The molecule has 0 radical (unpaired) electrons. The molecule has 0 saturated heterocycles. The van der Waals surface area contributed by atoms with Crippen LogP contribution in [0.5, 0.6) is 5.75 Å². The summed E-state index contributed by atoms with van der Waals surface area (Å²) in [6.45, 7) is 1.65. The Hall–Kier alpha value is -2.03. The Balaban J connectivity index is 1.78. The molecule has 1 aromatic rings. The van der Waals surface area contributed by atoms with Gasteiger partial charge in [-0.05, 0) is 48.5 Å². The molecule has 1 saturated carbocycles. The van der Waals surface area contributed by atoms with Crippen molar-refractivity contribution >= 4 is 27.9 Å². The minimum atomic E-state index is -1.13. The van der Waals surface area contributed by atoms with Crippen LogP contribution < -0.4 is 20.9 Å². The van der Waals surface area contributed by atoms with Crippen molar-refractivity contribution in [2.75, 3.05) is 0 Å². The minimum absolute atomic E-state index is 0.000779. The van der Waals surface area contributed by atoms with E-state index in [0.717, 1.165) is 30.2 Å². The molecule has 1 heterocycles. The zero-order valence-electron chi connectivity index (χ0n) is 14.8. The second-order valence-electron chi connectivity index (χ2n) is 6.65. The second-order valence-corrected chi connectivity index (χ2v) is 7.50. The molecule has 144 valence electrons. The van der Waals surface area contributed by atoms with E-state index in [1.54, 1.807) is 20.2 Å². The highest BCUT2D eigenvalue weighted by Crippen LogP contribution is 2.28.